The number of carbonyl (C=O) groups excluding carboxylic acids is 2. The maximum atomic E-state index is 12.4. The number of methoxy groups -OCH3 is 1. The summed E-state index contributed by atoms with van der Waals surface area (Å²) in [5, 5.41) is 11.4. The van der Waals surface area contributed by atoms with Crippen molar-refractivity contribution in [2.24, 2.45) is 0 Å². The predicted octanol–water partition coefficient (Wildman–Crippen LogP) is 3.23. The zero-order valence-electron chi connectivity index (χ0n) is 14.7. The summed E-state index contributed by atoms with van der Waals surface area (Å²) in [6, 6.07) is 11.9. The van der Waals surface area contributed by atoms with Crippen LogP contribution in [0.3, 0.4) is 0 Å². The van der Waals surface area contributed by atoms with Crippen LogP contribution in [0.5, 0.6) is 5.75 Å². The summed E-state index contributed by atoms with van der Waals surface area (Å²) in [6.45, 7) is 1.89. The second-order valence-electron chi connectivity index (χ2n) is 5.94. The molecular formula is C20H21NO5. The van der Waals surface area contributed by atoms with Gasteiger partial charge in [-0.1, -0.05) is 23.8 Å². The summed E-state index contributed by atoms with van der Waals surface area (Å²) < 4.78 is 5.20. The molecule has 0 saturated heterocycles. The van der Waals surface area contributed by atoms with Crippen molar-refractivity contribution in [3.63, 3.8) is 0 Å². The van der Waals surface area contributed by atoms with Crippen LogP contribution < -0.4 is 10.1 Å². The van der Waals surface area contributed by atoms with Crippen molar-refractivity contribution in [1.82, 2.24) is 0 Å². The molecule has 136 valence electrons. The highest BCUT2D eigenvalue weighted by Crippen LogP contribution is 2.22. The summed E-state index contributed by atoms with van der Waals surface area (Å²) in [4.78, 5) is 35.1. The normalized spacial score (nSPS) is 10.2. The van der Waals surface area contributed by atoms with Gasteiger partial charge in [-0.15, -0.1) is 0 Å². The van der Waals surface area contributed by atoms with Crippen molar-refractivity contribution in [3.8, 4) is 5.75 Å². The van der Waals surface area contributed by atoms with Gasteiger partial charge in [-0.3, -0.25) is 14.4 Å². The Balaban J connectivity index is 1.91. The fourth-order valence-electron chi connectivity index (χ4n) is 2.51. The Morgan fingerprint density at radius 1 is 1.04 bits per heavy atom. The lowest BCUT2D eigenvalue weighted by atomic mass is 10.0. The molecule has 0 aliphatic carbocycles. The number of benzene rings is 2. The van der Waals surface area contributed by atoms with E-state index in [9.17, 15) is 14.4 Å². The Labute approximate surface area is 151 Å². The maximum absolute atomic E-state index is 12.4. The highest BCUT2D eigenvalue weighted by Gasteiger charge is 2.14. The molecule has 6 heteroatoms. The summed E-state index contributed by atoms with van der Waals surface area (Å²) in [6.07, 6.45) is 0.0522. The lowest BCUT2D eigenvalue weighted by Crippen LogP contribution is -2.14. The van der Waals surface area contributed by atoms with Gasteiger partial charge in [0.1, 0.15) is 5.75 Å². The monoisotopic (exact) mass is 355 g/mol. The van der Waals surface area contributed by atoms with E-state index in [-0.39, 0.29) is 31.0 Å². The number of hydrogen-bond acceptors (Lipinski definition) is 4. The number of hydrogen-bond donors (Lipinski definition) is 2. The SMILES string of the molecule is COc1ccc(C)cc1C(=O)CCC(=O)Nc1ccc(CC(=O)O)cc1. The molecule has 0 fully saturated rings. The summed E-state index contributed by atoms with van der Waals surface area (Å²) in [7, 11) is 1.50. The van der Waals surface area contributed by atoms with Gasteiger partial charge in [-0.2, -0.15) is 0 Å². The number of carbonyl (C=O) groups is 3. The van der Waals surface area contributed by atoms with Gasteiger partial charge in [0.15, 0.2) is 5.78 Å². The number of ether oxygens (including phenoxy) is 1. The first-order chi connectivity index (χ1) is 12.4. The molecule has 0 saturated carbocycles. The van der Waals surface area contributed by atoms with Gasteiger partial charge in [-0.25, -0.2) is 0 Å². The summed E-state index contributed by atoms with van der Waals surface area (Å²) in [5.74, 6) is -0.852. The number of anilines is 1. The minimum atomic E-state index is -0.910. The van der Waals surface area contributed by atoms with Crippen molar-refractivity contribution < 1.29 is 24.2 Å². The predicted molar refractivity (Wildman–Crippen MR) is 97.7 cm³/mol. The van der Waals surface area contributed by atoms with Crippen LogP contribution in [-0.4, -0.2) is 29.9 Å². The number of aliphatic carboxylic acids is 1. The molecule has 0 aliphatic heterocycles. The number of rotatable bonds is 8. The van der Waals surface area contributed by atoms with Gasteiger partial charge < -0.3 is 15.2 Å². The number of carboxylic acid groups (broad SMARTS) is 1. The highest BCUT2D eigenvalue weighted by atomic mass is 16.5. The van der Waals surface area contributed by atoms with E-state index in [0.717, 1.165) is 5.56 Å². The highest BCUT2D eigenvalue weighted by molar-refractivity contribution is 6.01. The van der Waals surface area contributed by atoms with Gasteiger partial charge in [0, 0.05) is 18.5 Å². The van der Waals surface area contributed by atoms with E-state index < -0.39 is 5.97 Å². The van der Waals surface area contributed by atoms with Crippen LogP contribution in [0.15, 0.2) is 42.5 Å². The van der Waals surface area contributed by atoms with Crippen molar-refractivity contribution >= 4 is 23.3 Å². The van der Waals surface area contributed by atoms with Gasteiger partial charge in [0.25, 0.3) is 0 Å². The second-order valence-corrected chi connectivity index (χ2v) is 5.94. The van der Waals surface area contributed by atoms with Gasteiger partial charge in [0.2, 0.25) is 5.91 Å². The third-order valence-corrected chi connectivity index (χ3v) is 3.83. The molecule has 6 nitrogen and oxygen atoms in total. The van der Waals surface area contributed by atoms with Crippen LogP contribution in [0, 0.1) is 6.92 Å². The van der Waals surface area contributed by atoms with E-state index >= 15 is 0 Å². The van der Waals surface area contributed by atoms with Crippen LogP contribution >= 0.6 is 0 Å². The first kappa shape index (κ1) is 19.2. The number of Topliss-reactive ketones (excluding diaryl/α,β-unsaturated/α-hetero) is 1. The molecule has 0 unspecified atom stereocenters. The Kier molecular flexibility index (Phi) is 6.49. The van der Waals surface area contributed by atoms with Crippen LogP contribution in [0.4, 0.5) is 5.69 Å². The molecule has 2 aromatic rings. The fraction of sp³-hybridized carbons (Fsp3) is 0.250. The van der Waals surface area contributed by atoms with Crippen molar-refractivity contribution in [1.29, 1.82) is 0 Å². The van der Waals surface area contributed by atoms with Crippen LogP contribution in [0.2, 0.25) is 0 Å². The molecule has 2 aromatic carbocycles. The van der Waals surface area contributed by atoms with Gasteiger partial charge in [-0.05, 0) is 36.8 Å². The number of ketones is 1. The number of nitrogens with one attached hydrogen (secondary N) is 1. The second kappa shape index (κ2) is 8.80. The zero-order valence-corrected chi connectivity index (χ0v) is 14.7. The largest absolute Gasteiger partial charge is 0.496 e. The lowest BCUT2D eigenvalue weighted by molar-refractivity contribution is -0.136. The number of carboxylic acids is 1. The molecule has 0 heterocycles. The van der Waals surface area contributed by atoms with E-state index in [0.29, 0.717) is 22.6 Å². The third kappa shape index (κ3) is 5.44. The molecule has 0 aromatic heterocycles. The van der Waals surface area contributed by atoms with Crippen molar-refractivity contribution in [2.75, 3.05) is 12.4 Å². The average Bonchev–Trinajstić information content (AvgIpc) is 2.61. The van der Waals surface area contributed by atoms with Crippen LogP contribution in [0.25, 0.3) is 0 Å². The minimum Gasteiger partial charge on any atom is -0.496 e. The molecular weight excluding hydrogens is 334 g/mol. The molecule has 26 heavy (non-hydrogen) atoms. The van der Waals surface area contributed by atoms with Crippen LogP contribution in [-0.2, 0) is 16.0 Å². The smallest absolute Gasteiger partial charge is 0.307 e. The zero-order chi connectivity index (χ0) is 19.1. The Morgan fingerprint density at radius 3 is 2.35 bits per heavy atom. The standard InChI is InChI=1S/C20H21NO5/c1-13-3-9-18(26-2)16(11-13)17(22)8-10-19(23)21-15-6-4-14(5-7-15)12-20(24)25/h3-7,9,11H,8,10,12H2,1-2H3,(H,21,23)(H,24,25). The number of aryl methyl sites for hydroxylation is 1. The molecule has 1 amide bonds. The first-order valence-electron chi connectivity index (χ1n) is 8.17. The van der Waals surface area contributed by atoms with Crippen molar-refractivity contribution in [3.05, 3.63) is 59.2 Å². The Bertz CT molecular complexity index is 811. The Hall–Kier alpha value is -3.15. The maximum Gasteiger partial charge on any atom is 0.307 e. The fourth-order valence-corrected chi connectivity index (χ4v) is 2.51. The Morgan fingerprint density at radius 2 is 1.73 bits per heavy atom. The quantitative estimate of drug-likeness (QED) is 0.709. The third-order valence-electron chi connectivity index (χ3n) is 3.83. The topological polar surface area (TPSA) is 92.7 Å². The van der Waals surface area contributed by atoms with E-state index in [4.69, 9.17) is 9.84 Å². The summed E-state index contributed by atoms with van der Waals surface area (Å²) >= 11 is 0. The van der Waals surface area contributed by atoms with Crippen molar-refractivity contribution in [2.45, 2.75) is 26.2 Å². The van der Waals surface area contributed by atoms with Crippen LogP contribution in [0.1, 0.15) is 34.3 Å². The molecule has 2 rings (SSSR count). The van der Waals surface area contributed by atoms with E-state index in [1.807, 2.05) is 13.0 Å². The minimum absolute atomic E-state index is 0.0484. The summed E-state index contributed by atoms with van der Waals surface area (Å²) in [5.41, 5.74) is 2.63. The number of amides is 1. The molecule has 0 radical (unpaired) electrons. The van der Waals surface area contributed by atoms with E-state index in [1.54, 1.807) is 36.4 Å². The molecule has 0 atom stereocenters. The molecule has 0 spiro atoms. The van der Waals surface area contributed by atoms with Gasteiger partial charge >= 0.3 is 5.97 Å². The lowest BCUT2D eigenvalue weighted by Gasteiger charge is -2.09. The van der Waals surface area contributed by atoms with E-state index in [2.05, 4.69) is 5.32 Å². The molecule has 2 N–H and O–H groups in total. The molecule has 0 aliphatic rings. The van der Waals surface area contributed by atoms with E-state index in [1.165, 1.54) is 7.11 Å². The first-order valence-corrected chi connectivity index (χ1v) is 8.17. The van der Waals surface area contributed by atoms with Gasteiger partial charge in [0.05, 0.1) is 19.1 Å². The average molecular weight is 355 g/mol. The molecule has 0 bridgehead atoms.